The van der Waals surface area contributed by atoms with Crippen molar-refractivity contribution in [1.29, 1.82) is 0 Å². The fraction of sp³-hybridized carbons (Fsp3) is 0.350. The van der Waals surface area contributed by atoms with Gasteiger partial charge in [-0.15, -0.1) is 0 Å². The molecule has 0 saturated carbocycles. The molecule has 24 heavy (non-hydrogen) atoms. The lowest BCUT2D eigenvalue weighted by atomic mass is 10.0. The number of benzene rings is 2. The largest absolute Gasteiger partial charge is 0.497 e. The van der Waals surface area contributed by atoms with Gasteiger partial charge in [0, 0.05) is 6.54 Å². The molecule has 0 aromatic heterocycles. The number of methoxy groups -OCH3 is 1. The lowest BCUT2D eigenvalue weighted by Crippen LogP contribution is -2.38. The summed E-state index contributed by atoms with van der Waals surface area (Å²) >= 11 is 0. The third-order valence-electron chi connectivity index (χ3n) is 4.01. The van der Waals surface area contributed by atoms with E-state index in [9.17, 15) is 4.79 Å². The lowest BCUT2D eigenvalue weighted by Gasteiger charge is -2.18. The normalized spacial score (nSPS) is 11.6. The number of hydrogen-bond donors (Lipinski definition) is 2. The van der Waals surface area contributed by atoms with Gasteiger partial charge < -0.3 is 15.4 Å². The predicted molar refractivity (Wildman–Crippen MR) is 97.4 cm³/mol. The van der Waals surface area contributed by atoms with Crippen molar-refractivity contribution in [3.63, 3.8) is 0 Å². The van der Waals surface area contributed by atoms with Gasteiger partial charge in [-0.3, -0.25) is 0 Å². The SMILES string of the molecule is CCC(NC(=O)NCCc1cccc(C)c1)c1ccc(OC)cc1. The summed E-state index contributed by atoms with van der Waals surface area (Å²) in [6, 6.07) is 16.0. The zero-order chi connectivity index (χ0) is 17.4. The van der Waals surface area contributed by atoms with Crippen molar-refractivity contribution < 1.29 is 9.53 Å². The number of aryl methyl sites for hydroxylation is 1. The molecule has 2 N–H and O–H groups in total. The van der Waals surface area contributed by atoms with Crippen molar-refractivity contribution in [3.8, 4) is 5.75 Å². The number of amides is 2. The van der Waals surface area contributed by atoms with Crippen LogP contribution < -0.4 is 15.4 Å². The van der Waals surface area contributed by atoms with E-state index in [-0.39, 0.29) is 12.1 Å². The van der Waals surface area contributed by atoms with Crippen LogP contribution in [0.25, 0.3) is 0 Å². The minimum Gasteiger partial charge on any atom is -0.497 e. The van der Waals surface area contributed by atoms with Crippen LogP contribution in [0.4, 0.5) is 4.79 Å². The maximum Gasteiger partial charge on any atom is 0.315 e. The van der Waals surface area contributed by atoms with Gasteiger partial charge in [-0.25, -0.2) is 4.79 Å². The fourth-order valence-electron chi connectivity index (χ4n) is 2.65. The van der Waals surface area contributed by atoms with Gasteiger partial charge >= 0.3 is 6.03 Å². The highest BCUT2D eigenvalue weighted by Gasteiger charge is 2.12. The number of carbonyl (C=O) groups excluding carboxylic acids is 1. The van der Waals surface area contributed by atoms with Crippen molar-refractivity contribution in [3.05, 3.63) is 65.2 Å². The third-order valence-corrected chi connectivity index (χ3v) is 4.01. The molecule has 0 saturated heterocycles. The Kier molecular flexibility index (Phi) is 6.67. The average Bonchev–Trinajstić information content (AvgIpc) is 2.60. The van der Waals surface area contributed by atoms with Crippen LogP contribution in [0.5, 0.6) is 5.75 Å². The number of carbonyl (C=O) groups is 1. The van der Waals surface area contributed by atoms with E-state index in [1.54, 1.807) is 7.11 Å². The molecular weight excluding hydrogens is 300 g/mol. The van der Waals surface area contributed by atoms with Crippen LogP contribution in [0, 0.1) is 6.92 Å². The first-order valence-corrected chi connectivity index (χ1v) is 8.36. The number of nitrogens with one attached hydrogen (secondary N) is 2. The molecule has 2 rings (SSSR count). The van der Waals surface area contributed by atoms with Crippen LogP contribution >= 0.6 is 0 Å². The fourth-order valence-corrected chi connectivity index (χ4v) is 2.65. The summed E-state index contributed by atoms with van der Waals surface area (Å²) in [5.74, 6) is 0.816. The second-order valence-corrected chi connectivity index (χ2v) is 5.87. The number of urea groups is 1. The zero-order valence-corrected chi connectivity index (χ0v) is 14.6. The Balaban J connectivity index is 1.82. The quantitative estimate of drug-likeness (QED) is 0.808. The van der Waals surface area contributed by atoms with Crippen LogP contribution in [0.3, 0.4) is 0 Å². The average molecular weight is 326 g/mol. The Labute approximate surface area is 144 Å². The van der Waals surface area contributed by atoms with Crippen molar-refractivity contribution >= 4 is 6.03 Å². The summed E-state index contributed by atoms with van der Waals surface area (Å²) in [4.78, 5) is 12.1. The first-order chi connectivity index (χ1) is 11.6. The Hall–Kier alpha value is -2.49. The smallest absolute Gasteiger partial charge is 0.315 e. The molecule has 0 spiro atoms. The minimum absolute atomic E-state index is 0.00474. The highest BCUT2D eigenvalue weighted by Crippen LogP contribution is 2.19. The van der Waals surface area contributed by atoms with E-state index in [4.69, 9.17) is 4.74 Å². The van der Waals surface area contributed by atoms with E-state index in [2.05, 4.69) is 42.7 Å². The monoisotopic (exact) mass is 326 g/mol. The maximum atomic E-state index is 12.1. The van der Waals surface area contributed by atoms with Crippen LogP contribution in [-0.2, 0) is 6.42 Å². The van der Waals surface area contributed by atoms with Gasteiger partial charge in [0.05, 0.1) is 13.2 Å². The molecule has 2 amide bonds. The molecule has 0 aliphatic carbocycles. The minimum atomic E-state index is -0.134. The summed E-state index contributed by atoms with van der Waals surface area (Å²) in [6.45, 7) is 4.75. The first-order valence-electron chi connectivity index (χ1n) is 8.36. The van der Waals surface area contributed by atoms with Gasteiger partial charge in [-0.2, -0.15) is 0 Å². The van der Waals surface area contributed by atoms with Gasteiger partial charge in [0.1, 0.15) is 5.75 Å². The van der Waals surface area contributed by atoms with Crippen molar-refractivity contribution in [2.75, 3.05) is 13.7 Å². The predicted octanol–water partition coefficient (Wildman–Crippen LogP) is 4.00. The highest BCUT2D eigenvalue weighted by molar-refractivity contribution is 5.74. The van der Waals surface area contributed by atoms with E-state index < -0.39 is 0 Å². The topological polar surface area (TPSA) is 50.4 Å². The van der Waals surface area contributed by atoms with E-state index >= 15 is 0 Å². The second-order valence-electron chi connectivity index (χ2n) is 5.87. The summed E-state index contributed by atoms with van der Waals surface area (Å²) in [5, 5.41) is 5.96. The van der Waals surface area contributed by atoms with Crippen LogP contribution in [0.2, 0.25) is 0 Å². The molecule has 0 radical (unpaired) electrons. The number of rotatable bonds is 7. The molecule has 4 nitrogen and oxygen atoms in total. The van der Waals surface area contributed by atoms with Crippen molar-refractivity contribution in [1.82, 2.24) is 10.6 Å². The summed E-state index contributed by atoms with van der Waals surface area (Å²) in [6.07, 6.45) is 1.66. The van der Waals surface area contributed by atoms with Crippen LogP contribution in [-0.4, -0.2) is 19.7 Å². The Morgan fingerprint density at radius 1 is 1.17 bits per heavy atom. The molecule has 128 valence electrons. The summed E-state index contributed by atoms with van der Waals surface area (Å²) < 4.78 is 5.17. The first kappa shape index (κ1) is 17.9. The Bertz CT molecular complexity index is 653. The molecule has 4 heteroatoms. The molecule has 0 bridgehead atoms. The van der Waals surface area contributed by atoms with Gasteiger partial charge in [0.2, 0.25) is 0 Å². The molecule has 1 atom stereocenters. The van der Waals surface area contributed by atoms with Crippen LogP contribution in [0.15, 0.2) is 48.5 Å². The second kappa shape index (κ2) is 8.96. The molecule has 0 heterocycles. The standard InChI is InChI=1S/C20H26N2O2/c1-4-19(17-8-10-18(24-3)11-9-17)22-20(23)21-13-12-16-7-5-6-15(2)14-16/h5-11,14,19H,4,12-13H2,1-3H3,(H2,21,22,23). The number of ether oxygens (including phenoxy) is 1. The van der Waals surface area contributed by atoms with Gasteiger partial charge in [0.25, 0.3) is 0 Å². The summed E-state index contributed by atoms with van der Waals surface area (Å²) in [5.41, 5.74) is 3.55. The lowest BCUT2D eigenvalue weighted by molar-refractivity contribution is 0.237. The molecule has 0 aliphatic heterocycles. The zero-order valence-electron chi connectivity index (χ0n) is 14.6. The summed E-state index contributed by atoms with van der Waals surface area (Å²) in [7, 11) is 1.65. The van der Waals surface area contributed by atoms with Crippen molar-refractivity contribution in [2.24, 2.45) is 0 Å². The van der Waals surface area contributed by atoms with Crippen LogP contribution in [0.1, 0.15) is 36.1 Å². The van der Waals surface area contributed by atoms with Crippen molar-refractivity contribution in [2.45, 2.75) is 32.7 Å². The van der Waals surface area contributed by atoms with E-state index in [1.807, 2.05) is 30.3 Å². The molecule has 2 aromatic carbocycles. The van der Waals surface area contributed by atoms with E-state index in [1.165, 1.54) is 11.1 Å². The number of hydrogen-bond acceptors (Lipinski definition) is 2. The Morgan fingerprint density at radius 3 is 2.54 bits per heavy atom. The maximum absolute atomic E-state index is 12.1. The molecular formula is C20H26N2O2. The van der Waals surface area contributed by atoms with Gasteiger partial charge in [0.15, 0.2) is 0 Å². The van der Waals surface area contributed by atoms with Gasteiger partial charge in [-0.1, -0.05) is 48.9 Å². The molecule has 0 fully saturated rings. The molecule has 1 unspecified atom stereocenters. The van der Waals surface area contributed by atoms with Gasteiger partial charge in [-0.05, 0) is 43.0 Å². The third kappa shape index (κ3) is 5.30. The molecule has 0 aliphatic rings. The molecule has 2 aromatic rings. The highest BCUT2D eigenvalue weighted by atomic mass is 16.5. The van der Waals surface area contributed by atoms with E-state index in [0.717, 1.165) is 24.2 Å². The van der Waals surface area contributed by atoms with E-state index in [0.29, 0.717) is 6.54 Å². The Morgan fingerprint density at radius 2 is 1.92 bits per heavy atom.